The van der Waals surface area contributed by atoms with Crippen molar-refractivity contribution < 1.29 is 14.3 Å². The van der Waals surface area contributed by atoms with Crippen LogP contribution in [0.3, 0.4) is 0 Å². The number of hydrogen-bond donors (Lipinski definition) is 1. The Labute approximate surface area is 177 Å². The zero-order valence-corrected chi connectivity index (χ0v) is 17.3. The highest BCUT2D eigenvalue weighted by Gasteiger charge is 2.18. The number of amides is 2. The van der Waals surface area contributed by atoms with Crippen LogP contribution in [0, 0.1) is 0 Å². The van der Waals surface area contributed by atoms with Crippen LogP contribution in [0.2, 0.25) is 0 Å². The van der Waals surface area contributed by atoms with Gasteiger partial charge in [0.1, 0.15) is 5.75 Å². The summed E-state index contributed by atoms with van der Waals surface area (Å²) in [6.45, 7) is 4.79. The molecular weight excluding hydrogens is 378 g/mol. The molecule has 0 saturated carbocycles. The van der Waals surface area contributed by atoms with Crippen LogP contribution in [-0.2, 0) is 11.3 Å². The zero-order valence-electron chi connectivity index (χ0n) is 17.3. The van der Waals surface area contributed by atoms with Crippen LogP contribution in [0.25, 0.3) is 0 Å². The molecule has 2 aliphatic heterocycles. The molecule has 2 aromatic rings. The molecule has 6 heteroatoms. The first-order valence-electron chi connectivity index (χ1n) is 10.8. The highest BCUT2D eigenvalue weighted by atomic mass is 16.5. The van der Waals surface area contributed by atoms with Gasteiger partial charge in [-0.05, 0) is 68.6 Å². The molecule has 2 aromatic carbocycles. The Morgan fingerprint density at radius 2 is 1.63 bits per heavy atom. The normalized spacial score (nSPS) is 16.6. The van der Waals surface area contributed by atoms with Crippen molar-refractivity contribution in [1.29, 1.82) is 0 Å². The number of nitrogens with one attached hydrogen (secondary N) is 1. The van der Waals surface area contributed by atoms with Crippen LogP contribution in [-0.4, -0.2) is 54.4 Å². The number of hydrogen-bond acceptors (Lipinski definition) is 4. The van der Waals surface area contributed by atoms with E-state index in [4.69, 9.17) is 4.74 Å². The fourth-order valence-corrected chi connectivity index (χ4v) is 4.08. The zero-order chi connectivity index (χ0) is 20.8. The summed E-state index contributed by atoms with van der Waals surface area (Å²) in [4.78, 5) is 29.1. The molecule has 158 valence electrons. The quantitative estimate of drug-likeness (QED) is 0.763. The lowest BCUT2D eigenvalue weighted by molar-refractivity contribution is -0.132. The van der Waals surface area contributed by atoms with Gasteiger partial charge in [0.25, 0.3) is 11.8 Å². The fourth-order valence-electron chi connectivity index (χ4n) is 4.08. The summed E-state index contributed by atoms with van der Waals surface area (Å²) in [5, 5.41) is 2.93. The minimum atomic E-state index is -0.149. The maximum Gasteiger partial charge on any atom is 0.260 e. The summed E-state index contributed by atoms with van der Waals surface area (Å²) in [6, 6.07) is 15.0. The van der Waals surface area contributed by atoms with Gasteiger partial charge in [-0.25, -0.2) is 0 Å². The summed E-state index contributed by atoms with van der Waals surface area (Å²) < 4.78 is 5.65. The van der Waals surface area contributed by atoms with Crippen molar-refractivity contribution in [2.45, 2.75) is 32.2 Å². The third-order valence-corrected chi connectivity index (χ3v) is 5.71. The molecule has 2 saturated heterocycles. The Hall–Kier alpha value is -2.86. The third-order valence-electron chi connectivity index (χ3n) is 5.71. The molecular formula is C24H29N3O3. The summed E-state index contributed by atoms with van der Waals surface area (Å²) in [5.41, 5.74) is 2.44. The third kappa shape index (κ3) is 5.39. The Balaban J connectivity index is 1.34. The molecule has 0 spiro atoms. The summed E-state index contributed by atoms with van der Waals surface area (Å²) in [5.74, 6) is 0.434. The van der Waals surface area contributed by atoms with Crippen LogP contribution in [0.1, 0.15) is 41.6 Å². The van der Waals surface area contributed by atoms with E-state index in [1.165, 1.54) is 12.8 Å². The van der Waals surface area contributed by atoms with Crippen molar-refractivity contribution in [2.75, 3.05) is 38.1 Å². The fraction of sp³-hybridized carbons (Fsp3) is 0.417. The van der Waals surface area contributed by atoms with E-state index in [9.17, 15) is 9.59 Å². The van der Waals surface area contributed by atoms with Gasteiger partial charge in [-0.2, -0.15) is 0 Å². The van der Waals surface area contributed by atoms with Gasteiger partial charge >= 0.3 is 0 Å². The molecule has 2 fully saturated rings. The van der Waals surface area contributed by atoms with Crippen LogP contribution in [0.4, 0.5) is 5.69 Å². The monoisotopic (exact) mass is 407 g/mol. The van der Waals surface area contributed by atoms with E-state index in [2.05, 4.69) is 16.3 Å². The van der Waals surface area contributed by atoms with E-state index in [1.54, 1.807) is 12.1 Å². The number of nitrogens with zero attached hydrogens (tertiary/aromatic N) is 2. The molecule has 0 bridgehead atoms. The van der Waals surface area contributed by atoms with E-state index < -0.39 is 0 Å². The van der Waals surface area contributed by atoms with Gasteiger partial charge in [-0.1, -0.05) is 18.2 Å². The van der Waals surface area contributed by atoms with Gasteiger partial charge in [0, 0.05) is 37.0 Å². The van der Waals surface area contributed by atoms with E-state index in [0.29, 0.717) is 17.0 Å². The Bertz CT molecular complexity index is 887. The lowest BCUT2D eigenvalue weighted by Crippen LogP contribution is -2.32. The predicted molar refractivity (Wildman–Crippen MR) is 117 cm³/mol. The molecule has 1 N–H and O–H groups in total. The predicted octanol–water partition coefficient (Wildman–Crippen LogP) is 3.54. The molecule has 2 aliphatic rings. The van der Waals surface area contributed by atoms with E-state index in [1.807, 2.05) is 35.2 Å². The molecule has 0 unspecified atom stereocenters. The average molecular weight is 408 g/mol. The number of rotatable bonds is 7. The van der Waals surface area contributed by atoms with Crippen molar-refractivity contribution >= 4 is 17.5 Å². The smallest absolute Gasteiger partial charge is 0.260 e. The van der Waals surface area contributed by atoms with E-state index >= 15 is 0 Å². The molecule has 30 heavy (non-hydrogen) atoms. The van der Waals surface area contributed by atoms with E-state index in [0.717, 1.165) is 51.1 Å². The van der Waals surface area contributed by atoms with Gasteiger partial charge in [0.05, 0.1) is 0 Å². The Morgan fingerprint density at radius 3 is 2.43 bits per heavy atom. The number of anilines is 1. The Kier molecular flexibility index (Phi) is 6.64. The van der Waals surface area contributed by atoms with Crippen molar-refractivity contribution in [2.24, 2.45) is 0 Å². The van der Waals surface area contributed by atoms with Crippen LogP contribution in [0.5, 0.6) is 5.75 Å². The molecule has 2 heterocycles. The molecule has 0 aliphatic carbocycles. The van der Waals surface area contributed by atoms with Gasteiger partial charge in [0.2, 0.25) is 0 Å². The summed E-state index contributed by atoms with van der Waals surface area (Å²) in [6.07, 6.45) is 4.63. The molecule has 0 radical (unpaired) electrons. The second-order valence-corrected chi connectivity index (χ2v) is 8.04. The minimum absolute atomic E-state index is 0.0109. The molecule has 6 nitrogen and oxygen atoms in total. The SMILES string of the molecule is O=C(Nc1cccc(OCC(=O)N2CCCC2)c1)c1cccc(CN2CCCC2)c1. The topological polar surface area (TPSA) is 61.9 Å². The molecule has 0 aromatic heterocycles. The van der Waals surface area contributed by atoms with Crippen molar-refractivity contribution in [3.05, 3.63) is 59.7 Å². The first kappa shape index (κ1) is 20.4. The number of carbonyl (C=O) groups excluding carboxylic acids is 2. The van der Waals surface area contributed by atoms with Crippen molar-refractivity contribution in [3.63, 3.8) is 0 Å². The number of ether oxygens (including phenoxy) is 1. The second kappa shape index (κ2) is 9.76. The van der Waals surface area contributed by atoms with Gasteiger partial charge in [-0.15, -0.1) is 0 Å². The van der Waals surface area contributed by atoms with Crippen molar-refractivity contribution in [3.8, 4) is 5.75 Å². The van der Waals surface area contributed by atoms with Crippen LogP contribution in [0.15, 0.2) is 48.5 Å². The number of likely N-dealkylation sites (tertiary alicyclic amines) is 2. The summed E-state index contributed by atoms with van der Waals surface area (Å²) in [7, 11) is 0. The first-order valence-corrected chi connectivity index (χ1v) is 10.8. The standard InChI is InChI=1S/C24H29N3O3/c28-23(27-13-3-4-14-27)18-30-22-10-6-9-21(16-22)25-24(29)20-8-5-7-19(15-20)17-26-11-1-2-12-26/h5-10,15-16H,1-4,11-14,17-18H2,(H,25,29). The van der Waals surface area contributed by atoms with Crippen LogP contribution < -0.4 is 10.1 Å². The lowest BCUT2D eigenvalue weighted by Gasteiger charge is -2.16. The maximum absolute atomic E-state index is 12.7. The molecule has 2 amide bonds. The highest BCUT2D eigenvalue weighted by Crippen LogP contribution is 2.20. The highest BCUT2D eigenvalue weighted by molar-refractivity contribution is 6.04. The molecule has 4 rings (SSSR count). The second-order valence-electron chi connectivity index (χ2n) is 8.04. The van der Waals surface area contributed by atoms with E-state index in [-0.39, 0.29) is 18.4 Å². The van der Waals surface area contributed by atoms with Crippen LogP contribution >= 0.6 is 0 Å². The lowest BCUT2D eigenvalue weighted by atomic mass is 10.1. The summed E-state index contributed by atoms with van der Waals surface area (Å²) >= 11 is 0. The Morgan fingerprint density at radius 1 is 0.900 bits per heavy atom. The largest absolute Gasteiger partial charge is 0.484 e. The number of carbonyl (C=O) groups is 2. The average Bonchev–Trinajstić information content (AvgIpc) is 3.47. The molecule has 0 atom stereocenters. The number of benzene rings is 2. The van der Waals surface area contributed by atoms with Gasteiger partial charge < -0.3 is 15.0 Å². The van der Waals surface area contributed by atoms with Gasteiger partial charge in [-0.3, -0.25) is 14.5 Å². The first-order chi connectivity index (χ1) is 14.7. The van der Waals surface area contributed by atoms with Crippen molar-refractivity contribution in [1.82, 2.24) is 9.80 Å². The minimum Gasteiger partial charge on any atom is -0.484 e. The van der Waals surface area contributed by atoms with Gasteiger partial charge in [0.15, 0.2) is 6.61 Å². The maximum atomic E-state index is 12.7.